The van der Waals surface area contributed by atoms with Crippen molar-refractivity contribution in [2.75, 3.05) is 0 Å². The van der Waals surface area contributed by atoms with Gasteiger partial charge >= 0.3 is 53.8 Å². The summed E-state index contributed by atoms with van der Waals surface area (Å²) in [6, 6.07) is 1.51. The number of halogens is 17. The van der Waals surface area contributed by atoms with Gasteiger partial charge in [-0.2, -0.15) is 74.6 Å². The van der Waals surface area contributed by atoms with Gasteiger partial charge < -0.3 is 9.84 Å². The molecule has 0 aromatic heterocycles. The van der Waals surface area contributed by atoms with E-state index >= 15 is 0 Å². The molecule has 0 radical (unpaired) electrons. The summed E-state index contributed by atoms with van der Waals surface area (Å²) in [4.78, 5) is 11.4. The van der Waals surface area contributed by atoms with E-state index in [0.717, 1.165) is 0 Å². The van der Waals surface area contributed by atoms with Crippen LogP contribution in [0.25, 0.3) is 0 Å². The molecule has 202 valence electrons. The van der Waals surface area contributed by atoms with Crippen LogP contribution in [0.1, 0.15) is 10.4 Å². The number of hydrogen-bond donors (Lipinski definition) is 1. The Morgan fingerprint density at radius 2 is 0.857 bits per heavy atom. The Hall–Kier alpha value is -2.70. The first-order chi connectivity index (χ1) is 15.1. The predicted molar refractivity (Wildman–Crippen MR) is 74.2 cm³/mol. The third-order valence-corrected chi connectivity index (χ3v) is 4.02. The van der Waals surface area contributed by atoms with E-state index in [0.29, 0.717) is 12.1 Å². The molecule has 1 rings (SSSR count). The minimum absolute atomic E-state index is 0.284. The molecule has 1 aromatic rings. The number of carbonyl (C=O) groups excluding carboxylic acids is 1. The molecule has 0 atom stereocenters. The summed E-state index contributed by atoms with van der Waals surface area (Å²) in [6.07, 6.45) is -15.1. The Morgan fingerprint density at radius 3 is 1.20 bits per heavy atom. The van der Waals surface area contributed by atoms with Gasteiger partial charge in [-0.3, -0.25) is 0 Å². The molecule has 35 heavy (non-hydrogen) atoms. The minimum Gasteiger partial charge on any atom is -0.508 e. The van der Waals surface area contributed by atoms with Crippen LogP contribution >= 0.6 is 0 Å². The Labute approximate surface area is 180 Å². The monoisotopic (exact) mass is 556 g/mol. The maximum Gasteiger partial charge on any atom is 0.473 e. The lowest BCUT2D eigenvalue weighted by molar-refractivity contribution is -0.473. The highest BCUT2D eigenvalue weighted by Crippen LogP contribution is 2.64. The molecule has 0 unspecified atom stereocenters. The van der Waals surface area contributed by atoms with Crippen molar-refractivity contribution in [3.63, 3.8) is 0 Å². The fraction of sp³-hybridized carbons (Fsp3) is 0.533. The average Bonchev–Trinajstić information content (AvgIpc) is 2.66. The van der Waals surface area contributed by atoms with Gasteiger partial charge in [0.1, 0.15) is 5.75 Å². The van der Waals surface area contributed by atoms with Gasteiger partial charge in [-0.15, -0.1) is 0 Å². The van der Waals surface area contributed by atoms with Crippen LogP contribution in [-0.2, 0) is 4.74 Å². The van der Waals surface area contributed by atoms with Crippen LogP contribution in [0.15, 0.2) is 24.3 Å². The van der Waals surface area contributed by atoms with Crippen molar-refractivity contribution >= 4 is 5.97 Å². The van der Waals surface area contributed by atoms with Crippen molar-refractivity contribution < 1.29 is 89.3 Å². The molecule has 0 spiro atoms. The van der Waals surface area contributed by atoms with Gasteiger partial charge in [-0.05, 0) is 24.3 Å². The maximum absolute atomic E-state index is 13.6. The normalized spacial score (nSPS) is 15.2. The zero-order valence-corrected chi connectivity index (χ0v) is 15.5. The Bertz CT molecular complexity index is 933. The molecule has 0 saturated carbocycles. The van der Waals surface area contributed by atoms with Crippen LogP contribution in [0.4, 0.5) is 74.6 Å². The molecule has 0 aliphatic carbocycles. The quantitative estimate of drug-likeness (QED) is 0.293. The van der Waals surface area contributed by atoms with Gasteiger partial charge in [0.2, 0.25) is 0 Å². The molecular weight excluding hydrogens is 551 g/mol. The molecular formula is C15H5F17O3. The Balaban J connectivity index is 3.53. The van der Waals surface area contributed by atoms with Crippen LogP contribution in [0.3, 0.4) is 0 Å². The fourth-order valence-corrected chi connectivity index (χ4v) is 1.99. The van der Waals surface area contributed by atoms with Crippen LogP contribution in [0.5, 0.6) is 5.75 Å². The van der Waals surface area contributed by atoms with Gasteiger partial charge in [0.05, 0.1) is 5.56 Å². The van der Waals surface area contributed by atoms with Crippen molar-refractivity contribution in [2.45, 2.75) is 47.8 Å². The molecule has 0 fully saturated rings. The molecule has 1 N–H and O–H groups in total. The molecule has 0 amide bonds. The fourth-order valence-electron chi connectivity index (χ4n) is 1.99. The van der Waals surface area contributed by atoms with Gasteiger partial charge in [0, 0.05) is 0 Å². The molecule has 0 aliphatic heterocycles. The van der Waals surface area contributed by atoms with E-state index in [1.807, 2.05) is 0 Å². The summed E-state index contributed by atoms with van der Waals surface area (Å²) in [5.74, 6) is -54.6. The third-order valence-electron chi connectivity index (χ3n) is 4.02. The van der Waals surface area contributed by atoms with Crippen molar-refractivity contribution in [3.8, 4) is 5.75 Å². The van der Waals surface area contributed by atoms with E-state index in [1.165, 1.54) is 0 Å². The highest BCUT2D eigenvalue weighted by atomic mass is 19.4. The molecule has 0 heterocycles. The zero-order valence-electron chi connectivity index (χ0n) is 15.5. The second-order valence-corrected chi connectivity index (χ2v) is 6.40. The first kappa shape index (κ1) is 30.3. The van der Waals surface area contributed by atoms with Crippen LogP contribution in [0.2, 0.25) is 0 Å². The average molecular weight is 556 g/mol. The smallest absolute Gasteiger partial charge is 0.473 e. The van der Waals surface area contributed by atoms with E-state index in [-0.39, 0.29) is 12.1 Å². The SMILES string of the molecule is O=C(OC(F)(F)C(F)(F)C(F)(F)C(F)(F)C(F)(F)C(F)(F)C(F)(F)C(F)(F)F)c1ccc(O)cc1. The number of esters is 1. The van der Waals surface area contributed by atoms with Crippen molar-refractivity contribution in [1.82, 2.24) is 0 Å². The number of carbonyl (C=O) groups is 1. The summed E-state index contributed by atoms with van der Waals surface area (Å²) in [5.41, 5.74) is -1.30. The lowest BCUT2D eigenvalue weighted by Gasteiger charge is -2.42. The molecule has 3 nitrogen and oxygen atoms in total. The predicted octanol–water partition coefficient (Wildman–Crippen LogP) is 6.52. The standard InChI is InChI=1S/C15H5F17O3/c16-8(17,10(20,21)12(24,25)14(28,29)30)9(18,19)11(22,23)13(26,27)15(31,32)35-7(34)5-1-3-6(33)4-2-5/h1-4,33H. The Kier molecular flexibility index (Phi) is 7.08. The Morgan fingerprint density at radius 1 is 0.543 bits per heavy atom. The van der Waals surface area contributed by atoms with Gasteiger partial charge in [-0.25, -0.2) is 4.79 Å². The van der Waals surface area contributed by atoms with Gasteiger partial charge in [-0.1, -0.05) is 0 Å². The van der Waals surface area contributed by atoms with Crippen molar-refractivity contribution in [1.29, 1.82) is 0 Å². The highest BCUT2D eigenvalue weighted by Gasteiger charge is 2.95. The topological polar surface area (TPSA) is 46.5 Å². The second-order valence-electron chi connectivity index (χ2n) is 6.40. The highest BCUT2D eigenvalue weighted by molar-refractivity contribution is 5.89. The summed E-state index contributed by atoms with van der Waals surface area (Å²) in [6.45, 7) is 0. The number of benzene rings is 1. The van der Waals surface area contributed by atoms with Crippen molar-refractivity contribution in [2.24, 2.45) is 0 Å². The van der Waals surface area contributed by atoms with E-state index in [1.54, 1.807) is 0 Å². The number of aromatic hydroxyl groups is 1. The number of ether oxygens (including phenoxy) is 1. The number of phenols is 1. The van der Waals surface area contributed by atoms with Crippen LogP contribution < -0.4 is 0 Å². The first-order valence-corrected chi connectivity index (χ1v) is 7.87. The summed E-state index contributed by atoms with van der Waals surface area (Å²) < 4.78 is 225. The van der Waals surface area contributed by atoms with E-state index in [4.69, 9.17) is 5.11 Å². The number of phenolic OH excluding ortho intramolecular Hbond substituents is 1. The summed E-state index contributed by atoms with van der Waals surface area (Å²) in [5, 5.41) is 8.89. The van der Waals surface area contributed by atoms with E-state index < -0.39 is 65.1 Å². The van der Waals surface area contributed by atoms with Gasteiger partial charge in [0.15, 0.2) is 0 Å². The molecule has 20 heteroatoms. The number of hydrogen-bond acceptors (Lipinski definition) is 3. The number of rotatable bonds is 8. The van der Waals surface area contributed by atoms with E-state index in [2.05, 4.69) is 4.74 Å². The largest absolute Gasteiger partial charge is 0.508 e. The number of alkyl halides is 17. The zero-order chi connectivity index (χ0) is 28.3. The van der Waals surface area contributed by atoms with Crippen LogP contribution in [0, 0.1) is 0 Å². The molecule has 0 aliphatic rings. The lowest BCUT2D eigenvalue weighted by atomic mass is 9.90. The molecule has 0 bridgehead atoms. The third kappa shape index (κ3) is 4.27. The molecule has 1 aromatic carbocycles. The molecule has 0 saturated heterocycles. The minimum atomic E-state index is -8.77. The van der Waals surface area contributed by atoms with Gasteiger partial charge in [0.25, 0.3) is 0 Å². The second kappa shape index (κ2) is 8.17. The first-order valence-electron chi connectivity index (χ1n) is 7.87. The summed E-state index contributed by atoms with van der Waals surface area (Å²) >= 11 is 0. The summed E-state index contributed by atoms with van der Waals surface area (Å²) in [7, 11) is 0. The van der Waals surface area contributed by atoms with Crippen molar-refractivity contribution in [3.05, 3.63) is 29.8 Å². The van der Waals surface area contributed by atoms with E-state index in [9.17, 15) is 79.4 Å². The maximum atomic E-state index is 13.6. The lowest BCUT2D eigenvalue weighted by Crippen LogP contribution is -2.74. The van der Waals surface area contributed by atoms with Crippen LogP contribution in [-0.4, -0.2) is 58.9 Å².